The summed E-state index contributed by atoms with van der Waals surface area (Å²) in [6.07, 6.45) is -4.56. The Morgan fingerprint density at radius 1 is 1.18 bits per heavy atom. The third-order valence-electron chi connectivity index (χ3n) is 4.35. The number of alkyl halides is 3. The molecule has 0 spiro atoms. The zero-order valence-electron chi connectivity index (χ0n) is 14.6. The fourth-order valence-electron chi connectivity index (χ4n) is 3.04. The summed E-state index contributed by atoms with van der Waals surface area (Å²) in [6.45, 7) is 0.804. The highest BCUT2D eigenvalue weighted by molar-refractivity contribution is 6.33. The first-order chi connectivity index (χ1) is 13.3. The molecule has 0 unspecified atom stereocenters. The third kappa shape index (κ3) is 4.63. The molecule has 5 nitrogen and oxygen atoms in total. The fraction of sp³-hybridized carbons (Fsp3) is 0.263. The molecule has 2 aromatic carbocycles. The molecule has 2 N–H and O–H groups in total. The van der Waals surface area contributed by atoms with Crippen LogP contribution in [-0.2, 0) is 15.8 Å². The SMILES string of the molecule is O=C1CN([C@H](C(=O)Nc2cc(C(F)(F)F)ccc2Cl)c2ccccc2)CCN1. The van der Waals surface area contributed by atoms with E-state index < -0.39 is 23.7 Å². The Kier molecular flexibility index (Phi) is 5.90. The Hall–Kier alpha value is -2.58. The topological polar surface area (TPSA) is 61.4 Å². The minimum Gasteiger partial charge on any atom is -0.354 e. The van der Waals surface area contributed by atoms with E-state index in [1.54, 1.807) is 35.2 Å². The third-order valence-corrected chi connectivity index (χ3v) is 4.68. The number of carbonyl (C=O) groups excluding carboxylic acids is 2. The van der Waals surface area contributed by atoms with E-state index in [0.717, 1.165) is 18.2 Å². The van der Waals surface area contributed by atoms with Crippen LogP contribution in [0, 0.1) is 0 Å². The van der Waals surface area contributed by atoms with Crippen molar-refractivity contribution in [2.45, 2.75) is 12.2 Å². The maximum atomic E-state index is 13.0. The molecule has 1 aliphatic heterocycles. The van der Waals surface area contributed by atoms with Gasteiger partial charge in [0.05, 0.1) is 22.8 Å². The fourth-order valence-corrected chi connectivity index (χ4v) is 3.21. The lowest BCUT2D eigenvalue weighted by molar-refractivity contribution is -0.137. The van der Waals surface area contributed by atoms with Crippen molar-refractivity contribution in [2.75, 3.05) is 25.0 Å². The van der Waals surface area contributed by atoms with E-state index in [2.05, 4.69) is 10.6 Å². The van der Waals surface area contributed by atoms with Crippen LogP contribution < -0.4 is 10.6 Å². The molecule has 1 heterocycles. The van der Waals surface area contributed by atoms with Crippen molar-refractivity contribution < 1.29 is 22.8 Å². The smallest absolute Gasteiger partial charge is 0.354 e. The van der Waals surface area contributed by atoms with E-state index >= 15 is 0 Å². The second kappa shape index (κ2) is 8.20. The van der Waals surface area contributed by atoms with Crippen LogP contribution in [0.25, 0.3) is 0 Å². The van der Waals surface area contributed by atoms with Crippen LogP contribution in [0.2, 0.25) is 5.02 Å². The molecule has 0 aromatic heterocycles. The first kappa shape index (κ1) is 20.2. The lowest BCUT2D eigenvalue weighted by Gasteiger charge is -2.33. The summed E-state index contributed by atoms with van der Waals surface area (Å²) in [7, 11) is 0. The van der Waals surface area contributed by atoms with Gasteiger partial charge >= 0.3 is 6.18 Å². The van der Waals surface area contributed by atoms with Crippen molar-refractivity contribution in [3.8, 4) is 0 Å². The average molecular weight is 412 g/mol. The number of halogens is 4. The molecule has 1 aliphatic rings. The molecule has 0 saturated carbocycles. The van der Waals surface area contributed by atoms with E-state index in [1.165, 1.54) is 0 Å². The number of nitrogens with one attached hydrogen (secondary N) is 2. The minimum atomic E-state index is -4.56. The predicted molar refractivity (Wildman–Crippen MR) is 98.8 cm³/mol. The molecule has 3 rings (SSSR count). The Labute approximate surface area is 164 Å². The Balaban J connectivity index is 1.91. The van der Waals surface area contributed by atoms with Crippen LogP contribution >= 0.6 is 11.6 Å². The lowest BCUT2D eigenvalue weighted by Crippen LogP contribution is -2.51. The van der Waals surface area contributed by atoms with Crippen molar-refractivity contribution in [1.29, 1.82) is 0 Å². The first-order valence-corrected chi connectivity index (χ1v) is 8.87. The second-order valence-corrected chi connectivity index (χ2v) is 6.72. The number of rotatable bonds is 4. The average Bonchev–Trinajstić information content (AvgIpc) is 2.64. The molecular weight excluding hydrogens is 395 g/mol. The molecule has 0 bridgehead atoms. The molecule has 2 aromatic rings. The number of piperazine rings is 1. The molecule has 9 heteroatoms. The van der Waals surface area contributed by atoms with Gasteiger partial charge in [-0.15, -0.1) is 0 Å². The maximum Gasteiger partial charge on any atom is 0.416 e. The van der Waals surface area contributed by atoms with Crippen molar-refractivity contribution in [1.82, 2.24) is 10.2 Å². The van der Waals surface area contributed by atoms with Gasteiger partial charge in [0.1, 0.15) is 6.04 Å². The van der Waals surface area contributed by atoms with Gasteiger partial charge in [0, 0.05) is 13.1 Å². The molecular formula is C19H17ClF3N3O2. The highest BCUT2D eigenvalue weighted by atomic mass is 35.5. The number of anilines is 1. The van der Waals surface area contributed by atoms with Gasteiger partial charge < -0.3 is 10.6 Å². The summed E-state index contributed by atoms with van der Waals surface area (Å²) in [5, 5.41) is 5.16. The van der Waals surface area contributed by atoms with Gasteiger partial charge in [0.25, 0.3) is 0 Å². The largest absolute Gasteiger partial charge is 0.416 e. The second-order valence-electron chi connectivity index (χ2n) is 6.32. The first-order valence-electron chi connectivity index (χ1n) is 8.49. The molecule has 1 atom stereocenters. The molecule has 0 aliphatic carbocycles. The van der Waals surface area contributed by atoms with Crippen LogP contribution in [0.1, 0.15) is 17.2 Å². The summed E-state index contributed by atoms with van der Waals surface area (Å²) in [4.78, 5) is 26.4. The summed E-state index contributed by atoms with van der Waals surface area (Å²) >= 11 is 5.99. The number of hydrogen-bond donors (Lipinski definition) is 2. The molecule has 148 valence electrons. The monoisotopic (exact) mass is 411 g/mol. The van der Waals surface area contributed by atoms with Crippen molar-refractivity contribution >= 4 is 29.1 Å². The van der Waals surface area contributed by atoms with E-state index in [-0.39, 0.29) is 23.2 Å². The normalized spacial score (nSPS) is 16.4. The van der Waals surface area contributed by atoms with E-state index in [4.69, 9.17) is 11.6 Å². The zero-order valence-corrected chi connectivity index (χ0v) is 15.3. The predicted octanol–water partition coefficient (Wildman–Crippen LogP) is 3.47. The van der Waals surface area contributed by atoms with Crippen LogP contribution in [-0.4, -0.2) is 36.3 Å². The minimum absolute atomic E-state index is 0.00328. The molecule has 2 amide bonds. The Morgan fingerprint density at radius 3 is 2.54 bits per heavy atom. The van der Waals surface area contributed by atoms with Gasteiger partial charge in [0.15, 0.2) is 0 Å². The number of carbonyl (C=O) groups is 2. The van der Waals surface area contributed by atoms with Gasteiger partial charge in [-0.25, -0.2) is 0 Å². The van der Waals surface area contributed by atoms with Crippen LogP contribution in [0.5, 0.6) is 0 Å². The van der Waals surface area contributed by atoms with E-state index in [0.29, 0.717) is 18.7 Å². The van der Waals surface area contributed by atoms with Gasteiger partial charge in [-0.3, -0.25) is 14.5 Å². The highest BCUT2D eigenvalue weighted by Gasteiger charge is 2.33. The lowest BCUT2D eigenvalue weighted by atomic mass is 10.0. The quantitative estimate of drug-likeness (QED) is 0.810. The van der Waals surface area contributed by atoms with Gasteiger partial charge in [-0.05, 0) is 23.8 Å². The van der Waals surface area contributed by atoms with E-state index in [9.17, 15) is 22.8 Å². The van der Waals surface area contributed by atoms with Gasteiger partial charge in [-0.2, -0.15) is 13.2 Å². The van der Waals surface area contributed by atoms with Crippen molar-refractivity contribution in [3.63, 3.8) is 0 Å². The van der Waals surface area contributed by atoms with Crippen LogP contribution in [0.3, 0.4) is 0 Å². The number of benzene rings is 2. The number of hydrogen-bond acceptors (Lipinski definition) is 3. The standard InChI is InChI=1S/C19H17ClF3N3O2/c20-14-7-6-13(19(21,22)23)10-15(14)25-18(28)17(12-4-2-1-3-5-12)26-9-8-24-16(27)11-26/h1-7,10,17H,8-9,11H2,(H,24,27)(H,25,28)/t17-/m0/s1. The summed E-state index contributed by atoms with van der Waals surface area (Å²) in [5.41, 5.74) is -0.428. The van der Waals surface area contributed by atoms with Crippen molar-refractivity contribution in [2.24, 2.45) is 0 Å². The van der Waals surface area contributed by atoms with Gasteiger partial charge in [-0.1, -0.05) is 41.9 Å². The highest BCUT2D eigenvalue weighted by Crippen LogP contribution is 2.34. The van der Waals surface area contributed by atoms with Crippen LogP contribution in [0.4, 0.5) is 18.9 Å². The maximum absolute atomic E-state index is 13.0. The van der Waals surface area contributed by atoms with Gasteiger partial charge in [0.2, 0.25) is 11.8 Å². The Bertz CT molecular complexity index is 874. The molecule has 1 saturated heterocycles. The zero-order chi connectivity index (χ0) is 20.3. The van der Waals surface area contributed by atoms with Crippen molar-refractivity contribution in [3.05, 3.63) is 64.7 Å². The Morgan fingerprint density at radius 2 is 1.89 bits per heavy atom. The van der Waals surface area contributed by atoms with Crippen LogP contribution in [0.15, 0.2) is 48.5 Å². The summed E-state index contributed by atoms with van der Waals surface area (Å²) in [5.74, 6) is -0.792. The van der Waals surface area contributed by atoms with E-state index in [1.807, 2.05) is 0 Å². The molecule has 28 heavy (non-hydrogen) atoms. The molecule has 0 radical (unpaired) electrons. The number of nitrogens with zero attached hydrogens (tertiary/aromatic N) is 1. The number of amides is 2. The summed E-state index contributed by atoms with van der Waals surface area (Å²) in [6, 6.07) is 10.6. The summed E-state index contributed by atoms with van der Waals surface area (Å²) < 4.78 is 39.0. The molecule has 1 fully saturated rings.